The van der Waals surface area contributed by atoms with Crippen LogP contribution in [-0.4, -0.2) is 9.78 Å². The molecule has 0 aliphatic heterocycles. The SMILES string of the molecule is O=c1cc(-c2ccc(Cl)cc2)n(-c2ccc(Cl)cc2Cl)[nH]1. The number of aromatic amines is 1. The van der Waals surface area contributed by atoms with Gasteiger partial charge in [0, 0.05) is 21.7 Å². The molecule has 0 bridgehead atoms. The number of hydrogen-bond donors (Lipinski definition) is 1. The van der Waals surface area contributed by atoms with Crippen molar-refractivity contribution in [3.63, 3.8) is 0 Å². The second kappa shape index (κ2) is 5.60. The third kappa shape index (κ3) is 2.86. The first-order valence-corrected chi connectivity index (χ1v) is 7.21. The Balaban J connectivity index is 2.20. The maximum atomic E-state index is 11.7. The van der Waals surface area contributed by atoms with Crippen molar-refractivity contribution in [1.29, 1.82) is 0 Å². The first-order chi connectivity index (χ1) is 10.0. The van der Waals surface area contributed by atoms with Crippen LogP contribution >= 0.6 is 34.8 Å². The predicted octanol–water partition coefficient (Wildman–Crippen LogP) is 4.79. The summed E-state index contributed by atoms with van der Waals surface area (Å²) in [6, 6.07) is 13.8. The molecule has 0 saturated carbocycles. The van der Waals surface area contributed by atoms with Gasteiger partial charge in [0.05, 0.1) is 16.4 Å². The highest BCUT2D eigenvalue weighted by atomic mass is 35.5. The molecule has 0 unspecified atom stereocenters. The third-order valence-corrected chi connectivity index (χ3v) is 3.81. The van der Waals surface area contributed by atoms with Gasteiger partial charge in [-0.3, -0.25) is 14.6 Å². The standard InChI is InChI=1S/C15H9Cl3N2O/c16-10-3-1-9(2-4-10)14-8-15(21)19-20(14)13-6-5-11(17)7-12(13)18/h1-8H,(H,19,21). The summed E-state index contributed by atoms with van der Waals surface area (Å²) in [5.41, 5.74) is 1.98. The quantitative estimate of drug-likeness (QED) is 0.716. The number of nitrogens with one attached hydrogen (secondary N) is 1. The van der Waals surface area contributed by atoms with Gasteiger partial charge in [0.1, 0.15) is 0 Å². The van der Waals surface area contributed by atoms with Gasteiger partial charge in [0.15, 0.2) is 0 Å². The molecule has 3 aromatic rings. The second-order valence-electron chi connectivity index (χ2n) is 4.44. The Labute approximate surface area is 135 Å². The van der Waals surface area contributed by atoms with Gasteiger partial charge in [-0.25, -0.2) is 0 Å². The largest absolute Gasteiger partial charge is 0.268 e. The molecule has 0 radical (unpaired) electrons. The number of hydrogen-bond acceptors (Lipinski definition) is 1. The van der Waals surface area contributed by atoms with E-state index in [0.29, 0.717) is 26.4 Å². The van der Waals surface area contributed by atoms with Crippen molar-refractivity contribution < 1.29 is 0 Å². The van der Waals surface area contributed by atoms with Crippen LogP contribution in [-0.2, 0) is 0 Å². The molecule has 106 valence electrons. The van der Waals surface area contributed by atoms with E-state index in [9.17, 15) is 4.79 Å². The molecule has 6 heteroatoms. The summed E-state index contributed by atoms with van der Waals surface area (Å²) in [6.07, 6.45) is 0. The van der Waals surface area contributed by atoms with E-state index in [2.05, 4.69) is 5.10 Å². The Kier molecular flexibility index (Phi) is 3.81. The molecule has 0 fully saturated rings. The van der Waals surface area contributed by atoms with Crippen LogP contribution in [0.5, 0.6) is 0 Å². The molecule has 1 N–H and O–H groups in total. The van der Waals surface area contributed by atoms with E-state index in [1.165, 1.54) is 6.07 Å². The Morgan fingerprint density at radius 1 is 0.857 bits per heavy atom. The summed E-state index contributed by atoms with van der Waals surface area (Å²) in [7, 11) is 0. The Morgan fingerprint density at radius 3 is 2.19 bits per heavy atom. The van der Waals surface area contributed by atoms with E-state index >= 15 is 0 Å². The normalized spacial score (nSPS) is 10.8. The Bertz CT molecular complexity index is 850. The van der Waals surface area contributed by atoms with Crippen molar-refractivity contribution in [2.24, 2.45) is 0 Å². The summed E-state index contributed by atoms with van der Waals surface area (Å²) in [5, 5.41) is 4.35. The van der Waals surface area contributed by atoms with E-state index in [1.807, 2.05) is 12.1 Å². The van der Waals surface area contributed by atoms with E-state index < -0.39 is 0 Å². The van der Waals surface area contributed by atoms with E-state index in [1.54, 1.807) is 35.0 Å². The fourth-order valence-electron chi connectivity index (χ4n) is 2.08. The maximum absolute atomic E-state index is 11.7. The molecule has 0 spiro atoms. The average molecular weight is 340 g/mol. The lowest BCUT2D eigenvalue weighted by atomic mass is 10.1. The highest BCUT2D eigenvalue weighted by Crippen LogP contribution is 2.28. The first kappa shape index (κ1) is 14.3. The third-order valence-electron chi connectivity index (χ3n) is 3.02. The van der Waals surface area contributed by atoms with Crippen molar-refractivity contribution in [2.75, 3.05) is 0 Å². The topological polar surface area (TPSA) is 37.8 Å². The van der Waals surface area contributed by atoms with Crippen molar-refractivity contribution in [3.05, 3.63) is 74.0 Å². The van der Waals surface area contributed by atoms with Crippen LogP contribution in [0, 0.1) is 0 Å². The molecule has 2 aromatic carbocycles. The van der Waals surface area contributed by atoms with Crippen LogP contribution in [0.25, 0.3) is 16.9 Å². The first-order valence-electron chi connectivity index (χ1n) is 6.08. The minimum Gasteiger partial charge on any atom is -0.268 e. The molecular weight excluding hydrogens is 331 g/mol. The molecular formula is C15H9Cl3N2O. The van der Waals surface area contributed by atoms with Crippen molar-refractivity contribution in [2.45, 2.75) is 0 Å². The van der Waals surface area contributed by atoms with Crippen LogP contribution in [0.1, 0.15) is 0 Å². The maximum Gasteiger partial charge on any atom is 0.265 e. The van der Waals surface area contributed by atoms with Gasteiger partial charge < -0.3 is 0 Å². The van der Waals surface area contributed by atoms with Gasteiger partial charge in [0.25, 0.3) is 5.56 Å². The number of rotatable bonds is 2. The summed E-state index contributed by atoms with van der Waals surface area (Å²) < 4.78 is 1.63. The molecule has 0 aliphatic carbocycles. The lowest BCUT2D eigenvalue weighted by Crippen LogP contribution is -2.04. The molecule has 3 rings (SSSR count). The number of benzene rings is 2. The van der Waals surface area contributed by atoms with Gasteiger partial charge in [0.2, 0.25) is 0 Å². The summed E-state index contributed by atoms with van der Waals surface area (Å²) in [5.74, 6) is 0. The fourth-order valence-corrected chi connectivity index (χ4v) is 2.70. The molecule has 21 heavy (non-hydrogen) atoms. The summed E-state index contributed by atoms with van der Waals surface area (Å²) in [4.78, 5) is 11.7. The molecule has 1 heterocycles. The van der Waals surface area contributed by atoms with Crippen LogP contribution in [0.15, 0.2) is 53.3 Å². The molecule has 3 nitrogen and oxygen atoms in total. The van der Waals surface area contributed by atoms with E-state index in [-0.39, 0.29) is 5.56 Å². The van der Waals surface area contributed by atoms with Crippen LogP contribution < -0.4 is 5.56 Å². The lowest BCUT2D eigenvalue weighted by molar-refractivity contribution is 0.871. The highest BCUT2D eigenvalue weighted by molar-refractivity contribution is 6.35. The van der Waals surface area contributed by atoms with E-state index in [0.717, 1.165) is 5.56 Å². The minimum absolute atomic E-state index is 0.217. The van der Waals surface area contributed by atoms with Crippen LogP contribution in [0.3, 0.4) is 0 Å². The monoisotopic (exact) mass is 338 g/mol. The van der Waals surface area contributed by atoms with Crippen LogP contribution in [0.2, 0.25) is 15.1 Å². The summed E-state index contributed by atoms with van der Waals surface area (Å²) >= 11 is 18.0. The van der Waals surface area contributed by atoms with E-state index in [4.69, 9.17) is 34.8 Å². The second-order valence-corrected chi connectivity index (χ2v) is 5.72. The zero-order chi connectivity index (χ0) is 15.0. The number of nitrogens with zero attached hydrogens (tertiary/aromatic N) is 1. The van der Waals surface area contributed by atoms with Gasteiger partial charge >= 0.3 is 0 Å². The highest BCUT2D eigenvalue weighted by Gasteiger charge is 2.12. The zero-order valence-corrected chi connectivity index (χ0v) is 12.9. The fraction of sp³-hybridized carbons (Fsp3) is 0. The molecule has 0 amide bonds. The van der Waals surface area contributed by atoms with Gasteiger partial charge in [-0.1, -0.05) is 46.9 Å². The van der Waals surface area contributed by atoms with Gasteiger partial charge in [-0.2, -0.15) is 0 Å². The van der Waals surface area contributed by atoms with Crippen molar-refractivity contribution in [1.82, 2.24) is 9.78 Å². The number of H-pyrrole nitrogens is 1. The predicted molar refractivity (Wildman–Crippen MR) is 86.9 cm³/mol. The Hall–Kier alpha value is -1.68. The lowest BCUT2D eigenvalue weighted by Gasteiger charge is -2.10. The zero-order valence-electron chi connectivity index (χ0n) is 10.6. The molecule has 0 aliphatic rings. The van der Waals surface area contributed by atoms with Crippen molar-refractivity contribution in [3.8, 4) is 16.9 Å². The minimum atomic E-state index is -0.217. The van der Waals surface area contributed by atoms with Gasteiger partial charge in [-0.15, -0.1) is 0 Å². The van der Waals surface area contributed by atoms with Crippen LogP contribution in [0.4, 0.5) is 0 Å². The van der Waals surface area contributed by atoms with Gasteiger partial charge in [-0.05, 0) is 30.3 Å². The molecule has 0 saturated heterocycles. The number of aromatic nitrogens is 2. The van der Waals surface area contributed by atoms with Crippen molar-refractivity contribution >= 4 is 34.8 Å². The molecule has 1 aromatic heterocycles. The summed E-state index contributed by atoms with van der Waals surface area (Å²) in [6.45, 7) is 0. The Morgan fingerprint density at radius 2 is 1.52 bits per heavy atom. The average Bonchev–Trinajstić information content (AvgIpc) is 2.81. The number of halogens is 3. The smallest absolute Gasteiger partial charge is 0.265 e. The molecule has 0 atom stereocenters.